The van der Waals surface area contributed by atoms with Gasteiger partial charge in [0, 0.05) is 18.8 Å². The molecule has 2 rings (SSSR count). The van der Waals surface area contributed by atoms with Crippen molar-refractivity contribution in [1.29, 1.82) is 0 Å². The summed E-state index contributed by atoms with van der Waals surface area (Å²) in [6.07, 6.45) is 0. The summed E-state index contributed by atoms with van der Waals surface area (Å²) < 4.78 is 5.22. The molecule has 0 saturated carbocycles. The Morgan fingerprint density at radius 1 is 1.26 bits per heavy atom. The minimum Gasteiger partial charge on any atom is -0.378 e. The normalized spacial score (nSPS) is 14.8. The van der Waals surface area contributed by atoms with Crippen molar-refractivity contribution in [2.24, 2.45) is 0 Å². The average molecular weight is 336 g/mol. The van der Waals surface area contributed by atoms with Crippen LogP contribution in [0.3, 0.4) is 0 Å². The molecule has 23 heavy (non-hydrogen) atoms. The van der Waals surface area contributed by atoms with Gasteiger partial charge in [0.2, 0.25) is 11.8 Å². The third-order valence-electron chi connectivity index (χ3n) is 3.66. The van der Waals surface area contributed by atoms with Crippen LogP contribution in [-0.2, 0) is 14.3 Å². The Bertz CT molecular complexity index is 542. The number of benzene rings is 1. The van der Waals surface area contributed by atoms with E-state index < -0.39 is 0 Å². The monoisotopic (exact) mass is 336 g/mol. The van der Waals surface area contributed by atoms with Gasteiger partial charge < -0.3 is 15.0 Å². The first-order chi connectivity index (χ1) is 11.1. The van der Waals surface area contributed by atoms with Gasteiger partial charge in [-0.15, -0.1) is 11.8 Å². The van der Waals surface area contributed by atoms with E-state index in [0.29, 0.717) is 38.0 Å². The average Bonchev–Trinajstić information content (AvgIpc) is 2.55. The number of hydrogen-bond acceptors (Lipinski definition) is 4. The fourth-order valence-corrected chi connectivity index (χ4v) is 3.02. The second kappa shape index (κ2) is 8.93. The third kappa shape index (κ3) is 5.88. The van der Waals surface area contributed by atoms with Crippen LogP contribution in [0.25, 0.3) is 0 Å². The highest BCUT2D eigenvalue weighted by atomic mass is 32.2. The lowest BCUT2D eigenvalue weighted by molar-refractivity contribution is -0.132. The second-order valence-corrected chi connectivity index (χ2v) is 6.80. The first kappa shape index (κ1) is 17.8. The molecule has 126 valence electrons. The summed E-state index contributed by atoms with van der Waals surface area (Å²) in [4.78, 5) is 25.7. The van der Waals surface area contributed by atoms with Crippen molar-refractivity contribution in [3.05, 3.63) is 29.8 Å². The molecule has 0 atom stereocenters. The van der Waals surface area contributed by atoms with E-state index in [1.54, 1.807) is 4.90 Å². The molecular formula is C17H24N2O3S. The molecule has 0 unspecified atom stereocenters. The predicted octanol–water partition coefficient (Wildman–Crippen LogP) is 2.34. The number of hydrogen-bond donors (Lipinski definition) is 1. The van der Waals surface area contributed by atoms with Gasteiger partial charge in [-0.05, 0) is 23.6 Å². The summed E-state index contributed by atoms with van der Waals surface area (Å²) in [5, 5.41) is 2.89. The smallest absolute Gasteiger partial charge is 0.234 e. The van der Waals surface area contributed by atoms with Gasteiger partial charge in [-0.3, -0.25) is 9.59 Å². The van der Waals surface area contributed by atoms with Crippen LogP contribution in [0.1, 0.15) is 25.3 Å². The second-order valence-electron chi connectivity index (χ2n) is 5.81. The number of thioether (sulfide) groups is 1. The zero-order chi connectivity index (χ0) is 16.7. The minimum absolute atomic E-state index is 0.0768. The van der Waals surface area contributed by atoms with Gasteiger partial charge >= 0.3 is 0 Å². The molecule has 2 amide bonds. The summed E-state index contributed by atoms with van der Waals surface area (Å²) in [6, 6.07) is 7.87. The van der Waals surface area contributed by atoms with E-state index in [1.807, 2.05) is 18.2 Å². The fraction of sp³-hybridized carbons (Fsp3) is 0.529. The fourth-order valence-electron chi connectivity index (χ4n) is 2.31. The Kier molecular flexibility index (Phi) is 6.92. The number of rotatable bonds is 6. The molecule has 0 aromatic heterocycles. The lowest BCUT2D eigenvalue weighted by atomic mass is 10.0. The Morgan fingerprint density at radius 2 is 2.00 bits per heavy atom. The number of nitrogens with zero attached hydrogens (tertiary/aromatic N) is 1. The van der Waals surface area contributed by atoms with Crippen molar-refractivity contribution in [3.8, 4) is 0 Å². The molecule has 1 aromatic carbocycles. The van der Waals surface area contributed by atoms with E-state index in [4.69, 9.17) is 4.74 Å². The van der Waals surface area contributed by atoms with Gasteiger partial charge in [-0.1, -0.05) is 26.0 Å². The van der Waals surface area contributed by atoms with Gasteiger partial charge in [0.15, 0.2) is 0 Å². The van der Waals surface area contributed by atoms with Crippen LogP contribution < -0.4 is 5.32 Å². The highest BCUT2D eigenvalue weighted by molar-refractivity contribution is 8.00. The first-order valence-electron chi connectivity index (χ1n) is 7.89. The standard InChI is InChI=1S/C17H24N2O3S/c1-13(2)14-4-3-5-15(10-14)18-16(20)11-23-12-17(21)19-6-8-22-9-7-19/h3-5,10,13H,6-9,11-12H2,1-2H3,(H,18,20). The van der Waals surface area contributed by atoms with E-state index in [2.05, 4.69) is 25.2 Å². The van der Waals surface area contributed by atoms with Crippen LogP contribution in [-0.4, -0.2) is 54.5 Å². The Hall–Kier alpha value is -1.53. The molecule has 0 spiro atoms. The van der Waals surface area contributed by atoms with Crippen molar-refractivity contribution in [2.45, 2.75) is 19.8 Å². The number of morpholine rings is 1. The number of carbonyl (C=O) groups excluding carboxylic acids is 2. The molecule has 5 nitrogen and oxygen atoms in total. The Balaban J connectivity index is 1.72. The summed E-state index contributed by atoms with van der Waals surface area (Å²) in [7, 11) is 0. The van der Waals surface area contributed by atoms with E-state index >= 15 is 0 Å². The predicted molar refractivity (Wildman–Crippen MR) is 93.9 cm³/mol. The van der Waals surface area contributed by atoms with Gasteiger partial charge in [-0.25, -0.2) is 0 Å². The zero-order valence-electron chi connectivity index (χ0n) is 13.7. The largest absolute Gasteiger partial charge is 0.378 e. The van der Waals surface area contributed by atoms with E-state index in [0.717, 1.165) is 5.69 Å². The van der Waals surface area contributed by atoms with E-state index in [-0.39, 0.29) is 17.6 Å². The summed E-state index contributed by atoms with van der Waals surface area (Å²) in [6.45, 7) is 6.73. The van der Waals surface area contributed by atoms with Gasteiger partial charge in [0.25, 0.3) is 0 Å². The lowest BCUT2D eigenvalue weighted by Gasteiger charge is -2.26. The first-order valence-corrected chi connectivity index (χ1v) is 9.05. The van der Waals surface area contributed by atoms with Gasteiger partial charge in [0.05, 0.1) is 24.7 Å². The molecule has 1 aliphatic heterocycles. The van der Waals surface area contributed by atoms with Crippen molar-refractivity contribution in [2.75, 3.05) is 43.1 Å². The number of ether oxygens (including phenoxy) is 1. The molecular weight excluding hydrogens is 312 g/mol. The molecule has 1 saturated heterocycles. The number of carbonyl (C=O) groups is 2. The lowest BCUT2D eigenvalue weighted by Crippen LogP contribution is -2.41. The van der Waals surface area contributed by atoms with E-state index in [1.165, 1.54) is 17.3 Å². The van der Waals surface area contributed by atoms with Crippen LogP contribution in [0.5, 0.6) is 0 Å². The number of nitrogens with one attached hydrogen (secondary N) is 1. The maximum atomic E-state index is 12.0. The summed E-state index contributed by atoms with van der Waals surface area (Å²) in [5.74, 6) is 1.03. The molecule has 0 bridgehead atoms. The molecule has 1 aliphatic rings. The summed E-state index contributed by atoms with van der Waals surface area (Å²) >= 11 is 1.35. The number of anilines is 1. The quantitative estimate of drug-likeness (QED) is 0.866. The van der Waals surface area contributed by atoms with Crippen molar-refractivity contribution < 1.29 is 14.3 Å². The molecule has 0 aliphatic carbocycles. The maximum Gasteiger partial charge on any atom is 0.234 e. The van der Waals surface area contributed by atoms with Crippen LogP contribution in [0, 0.1) is 0 Å². The molecule has 6 heteroatoms. The zero-order valence-corrected chi connectivity index (χ0v) is 14.5. The van der Waals surface area contributed by atoms with Crippen molar-refractivity contribution in [3.63, 3.8) is 0 Å². The third-order valence-corrected chi connectivity index (χ3v) is 4.58. The SMILES string of the molecule is CC(C)c1cccc(NC(=O)CSCC(=O)N2CCOCC2)c1. The molecule has 0 radical (unpaired) electrons. The highest BCUT2D eigenvalue weighted by Crippen LogP contribution is 2.18. The van der Waals surface area contributed by atoms with Gasteiger partial charge in [0.1, 0.15) is 0 Å². The Labute approximate surface area is 141 Å². The van der Waals surface area contributed by atoms with Crippen LogP contribution in [0.2, 0.25) is 0 Å². The summed E-state index contributed by atoms with van der Waals surface area (Å²) in [5.41, 5.74) is 2.00. The molecule has 1 N–H and O–H groups in total. The molecule has 1 aromatic rings. The maximum absolute atomic E-state index is 12.0. The number of amides is 2. The topological polar surface area (TPSA) is 58.6 Å². The van der Waals surface area contributed by atoms with Crippen LogP contribution in [0.4, 0.5) is 5.69 Å². The van der Waals surface area contributed by atoms with Crippen LogP contribution >= 0.6 is 11.8 Å². The molecule has 1 heterocycles. The van der Waals surface area contributed by atoms with Gasteiger partial charge in [-0.2, -0.15) is 0 Å². The highest BCUT2D eigenvalue weighted by Gasteiger charge is 2.17. The molecule has 1 fully saturated rings. The van der Waals surface area contributed by atoms with Crippen molar-refractivity contribution >= 4 is 29.3 Å². The minimum atomic E-state index is -0.0781. The Morgan fingerprint density at radius 3 is 2.70 bits per heavy atom. The van der Waals surface area contributed by atoms with Crippen LogP contribution in [0.15, 0.2) is 24.3 Å². The van der Waals surface area contributed by atoms with E-state index in [9.17, 15) is 9.59 Å². The van der Waals surface area contributed by atoms with Crippen molar-refractivity contribution in [1.82, 2.24) is 4.90 Å².